The standard InChI is InChI=1S/C16H13NSe/c17-11-4-3-6-12-7-5-10-15-16(12)13-8-1-2-9-14(13)18-15/h1-2,5,7-10H,3-4,6H2. The van der Waals surface area contributed by atoms with Crippen LogP contribution in [0.4, 0.5) is 0 Å². The fourth-order valence-corrected chi connectivity index (χ4v) is 4.83. The zero-order valence-corrected chi connectivity index (χ0v) is 11.7. The van der Waals surface area contributed by atoms with Gasteiger partial charge in [-0.2, -0.15) is 0 Å². The summed E-state index contributed by atoms with van der Waals surface area (Å²) in [5.41, 5.74) is 1.41. The van der Waals surface area contributed by atoms with Crippen molar-refractivity contribution >= 4 is 33.8 Å². The van der Waals surface area contributed by atoms with Crippen LogP contribution in [0.1, 0.15) is 18.4 Å². The Hall–Kier alpha value is -1.55. The molecule has 0 N–H and O–H groups in total. The Kier molecular flexibility index (Phi) is 3.19. The Bertz CT molecular complexity index is 734. The van der Waals surface area contributed by atoms with Crippen molar-refractivity contribution in [2.45, 2.75) is 19.3 Å². The molecule has 0 amide bonds. The number of hydrogen-bond acceptors (Lipinski definition) is 1. The molecule has 18 heavy (non-hydrogen) atoms. The minimum absolute atomic E-state index is 0.456. The van der Waals surface area contributed by atoms with Gasteiger partial charge in [0.25, 0.3) is 0 Å². The average Bonchev–Trinajstić information content (AvgIpc) is 2.78. The van der Waals surface area contributed by atoms with Gasteiger partial charge in [-0.1, -0.05) is 0 Å². The van der Waals surface area contributed by atoms with Gasteiger partial charge >= 0.3 is 112 Å². The Labute approximate surface area is 112 Å². The van der Waals surface area contributed by atoms with Crippen LogP contribution in [0, 0.1) is 11.3 Å². The molecule has 2 aromatic carbocycles. The van der Waals surface area contributed by atoms with Gasteiger partial charge in [-0.15, -0.1) is 0 Å². The van der Waals surface area contributed by atoms with Gasteiger partial charge in [0, 0.05) is 0 Å². The first-order valence-electron chi connectivity index (χ1n) is 6.16. The molecule has 0 bridgehead atoms. The normalized spacial score (nSPS) is 10.8. The molecule has 0 saturated carbocycles. The molecule has 0 saturated heterocycles. The van der Waals surface area contributed by atoms with Gasteiger partial charge in [0.05, 0.1) is 0 Å². The first-order chi connectivity index (χ1) is 8.90. The molecule has 0 aliphatic rings. The molecule has 0 aliphatic heterocycles. The molecule has 0 unspecified atom stereocenters. The number of aryl methyl sites for hydroxylation is 1. The van der Waals surface area contributed by atoms with Crippen LogP contribution in [0.2, 0.25) is 0 Å². The summed E-state index contributed by atoms with van der Waals surface area (Å²) in [6.45, 7) is 0. The molecule has 1 heterocycles. The van der Waals surface area contributed by atoms with Crippen LogP contribution < -0.4 is 0 Å². The van der Waals surface area contributed by atoms with Crippen LogP contribution in [-0.2, 0) is 6.42 Å². The maximum atomic E-state index is 8.65. The predicted molar refractivity (Wildman–Crippen MR) is 76.9 cm³/mol. The van der Waals surface area contributed by atoms with Gasteiger partial charge in [-0.3, -0.25) is 0 Å². The van der Waals surface area contributed by atoms with E-state index in [0.29, 0.717) is 20.9 Å². The van der Waals surface area contributed by atoms with Gasteiger partial charge in [-0.25, -0.2) is 0 Å². The third kappa shape index (κ3) is 1.97. The van der Waals surface area contributed by atoms with E-state index in [1.165, 1.54) is 24.9 Å². The van der Waals surface area contributed by atoms with Gasteiger partial charge in [0.1, 0.15) is 0 Å². The van der Waals surface area contributed by atoms with Gasteiger partial charge < -0.3 is 0 Å². The van der Waals surface area contributed by atoms with Crippen molar-refractivity contribution in [3.05, 3.63) is 48.0 Å². The SMILES string of the molecule is N#CCCCc1cccc2[se]c3ccccc3c12. The van der Waals surface area contributed by atoms with Crippen molar-refractivity contribution in [2.75, 3.05) is 0 Å². The quantitative estimate of drug-likeness (QED) is 0.531. The molecule has 0 aliphatic carbocycles. The van der Waals surface area contributed by atoms with Gasteiger partial charge in [-0.05, 0) is 0 Å². The van der Waals surface area contributed by atoms with Crippen LogP contribution in [0.5, 0.6) is 0 Å². The maximum absolute atomic E-state index is 8.65. The summed E-state index contributed by atoms with van der Waals surface area (Å²) in [4.78, 5) is 0. The van der Waals surface area contributed by atoms with E-state index in [9.17, 15) is 0 Å². The van der Waals surface area contributed by atoms with E-state index in [-0.39, 0.29) is 0 Å². The summed E-state index contributed by atoms with van der Waals surface area (Å²) < 4.78 is 2.99. The van der Waals surface area contributed by atoms with E-state index in [0.717, 1.165) is 12.8 Å². The van der Waals surface area contributed by atoms with Crippen molar-refractivity contribution in [2.24, 2.45) is 0 Å². The molecule has 0 radical (unpaired) electrons. The Morgan fingerprint density at radius 1 is 1.00 bits per heavy atom. The molecule has 1 nitrogen and oxygen atoms in total. The summed E-state index contributed by atoms with van der Waals surface area (Å²) in [7, 11) is 0. The predicted octanol–water partition coefficient (Wildman–Crippen LogP) is 3.90. The summed E-state index contributed by atoms with van der Waals surface area (Å²) in [5.74, 6) is 0. The summed E-state index contributed by atoms with van der Waals surface area (Å²) in [6.07, 6.45) is 2.62. The Balaban J connectivity index is 2.16. The van der Waals surface area contributed by atoms with Crippen LogP contribution in [0.3, 0.4) is 0 Å². The number of benzene rings is 2. The first-order valence-corrected chi connectivity index (χ1v) is 7.87. The second-order valence-corrected chi connectivity index (χ2v) is 6.67. The van der Waals surface area contributed by atoms with E-state index in [4.69, 9.17) is 5.26 Å². The van der Waals surface area contributed by atoms with Crippen molar-refractivity contribution in [3.8, 4) is 6.07 Å². The van der Waals surface area contributed by atoms with Crippen LogP contribution in [-0.4, -0.2) is 14.5 Å². The second kappa shape index (κ2) is 4.98. The first kappa shape index (κ1) is 11.5. The van der Waals surface area contributed by atoms with Crippen LogP contribution in [0.15, 0.2) is 42.5 Å². The third-order valence-electron chi connectivity index (χ3n) is 3.22. The van der Waals surface area contributed by atoms with E-state index in [2.05, 4.69) is 48.5 Å². The number of nitrogens with zero attached hydrogens (tertiary/aromatic N) is 1. The molecule has 0 spiro atoms. The molecule has 1 aromatic heterocycles. The molecule has 0 fully saturated rings. The fraction of sp³-hybridized carbons (Fsp3) is 0.188. The average molecular weight is 298 g/mol. The number of hydrogen-bond donors (Lipinski definition) is 0. The zero-order valence-electron chi connectivity index (χ0n) is 10.0. The molecule has 2 heteroatoms. The van der Waals surface area contributed by atoms with E-state index < -0.39 is 0 Å². The van der Waals surface area contributed by atoms with E-state index in [1.54, 1.807) is 0 Å². The van der Waals surface area contributed by atoms with Crippen LogP contribution >= 0.6 is 0 Å². The monoisotopic (exact) mass is 299 g/mol. The van der Waals surface area contributed by atoms with Crippen molar-refractivity contribution in [3.63, 3.8) is 0 Å². The van der Waals surface area contributed by atoms with Crippen molar-refractivity contribution < 1.29 is 0 Å². The summed E-state index contributed by atoms with van der Waals surface area (Å²) >= 11 is 0.456. The molecule has 88 valence electrons. The van der Waals surface area contributed by atoms with E-state index >= 15 is 0 Å². The Morgan fingerprint density at radius 3 is 2.72 bits per heavy atom. The number of nitriles is 1. The molecular weight excluding hydrogens is 285 g/mol. The second-order valence-electron chi connectivity index (χ2n) is 4.40. The minimum atomic E-state index is 0.456. The van der Waals surface area contributed by atoms with Gasteiger partial charge in [0.15, 0.2) is 0 Å². The van der Waals surface area contributed by atoms with Crippen molar-refractivity contribution in [1.82, 2.24) is 0 Å². The molecule has 3 rings (SSSR count). The number of fused-ring (bicyclic) bond motifs is 3. The molecular formula is C16H13NSe. The van der Waals surface area contributed by atoms with Crippen molar-refractivity contribution in [1.29, 1.82) is 5.26 Å². The summed E-state index contributed by atoms with van der Waals surface area (Å²) in [5, 5.41) is 11.5. The topological polar surface area (TPSA) is 23.8 Å². The number of unbranched alkanes of at least 4 members (excludes halogenated alkanes) is 1. The molecule has 3 aromatic rings. The van der Waals surface area contributed by atoms with E-state index in [1.807, 2.05) is 0 Å². The van der Waals surface area contributed by atoms with Crippen LogP contribution in [0.25, 0.3) is 19.3 Å². The number of rotatable bonds is 3. The Morgan fingerprint density at radius 2 is 1.83 bits per heavy atom. The zero-order chi connectivity index (χ0) is 12.4. The van der Waals surface area contributed by atoms with Gasteiger partial charge in [0.2, 0.25) is 0 Å². The fourth-order valence-electron chi connectivity index (χ4n) is 2.41. The third-order valence-corrected chi connectivity index (χ3v) is 5.61. The summed E-state index contributed by atoms with van der Waals surface area (Å²) in [6, 6.07) is 17.6. The molecule has 0 atom stereocenters.